The van der Waals surface area contributed by atoms with Crippen LogP contribution < -0.4 is 4.74 Å². The van der Waals surface area contributed by atoms with Crippen molar-refractivity contribution in [3.63, 3.8) is 0 Å². The lowest BCUT2D eigenvalue weighted by molar-refractivity contribution is -0.0190. The van der Waals surface area contributed by atoms with E-state index in [1.807, 2.05) is 24.3 Å². The fourth-order valence-electron chi connectivity index (χ4n) is 3.46. The van der Waals surface area contributed by atoms with E-state index in [1.54, 1.807) is 11.3 Å². The number of benzene rings is 2. The van der Waals surface area contributed by atoms with Gasteiger partial charge < -0.3 is 4.74 Å². The van der Waals surface area contributed by atoms with E-state index >= 15 is 0 Å². The second-order valence-electron chi connectivity index (χ2n) is 6.04. The molecule has 4 heteroatoms. The quantitative estimate of drug-likeness (QED) is 0.660. The van der Waals surface area contributed by atoms with Gasteiger partial charge in [0.1, 0.15) is 5.75 Å². The minimum atomic E-state index is -0.177. The largest absolute Gasteiger partial charge is 0.464 e. The summed E-state index contributed by atoms with van der Waals surface area (Å²) in [6.07, 6.45) is 0.744. The summed E-state index contributed by atoms with van der Waals surface area (Å²) in [5.74, 6) is 0.968. The van der Waals surface area contributed by atoms with Gasteiger partial charge in [0.2, 0.25) is 6.23 Å². The van der Waals surface area contributed by atoms with Crippen molar-refractivity contribution in [2.24, 2.45) is 5.10 Å². The van der Waals surface area contributed by atoms with Crippen molar-refractivity contribution in [2.45, 2.75) is 18.7 Å². The Morgan fingerprint density at radius 1 is 0.958 bits per heavy atom. The Morgan fingerprint density at radius 2 is 1.79 bits per heavy atom. The lowest BCUT2D eigenvalue weighted by Gasteiger charge is -2.38. The highest BCUT2D eigenvalue weighted by Crippen LogP contribution is 2.47. The Bertz CT molecular complexity index is 889. The maximum atomic E-state index is 6.32. The highest BCUT2D eigenvalue weighted by atomic mass is 32.1. The predicted octanol–water partition coefficient (Wildman–Crippen LogP) is 4.99. The maximum absolute atomic E-state index is 6.32. The van der Waals surface area contributed by atoms with Crippen LogP contribution in [0.2, 0.25) is 0 Å². The Labute approximate surface area is 144 Å². The van der Waals surface area contributed by atoms with Gasteiger partial charge in [0.15, 0.2) is 0 Å². The van der Waals surface area contributed by atoms with Gasteiger partial charge in [-0.05, 0) is 17.5 Å². The molecule has 24 heavy (non-hydrogen) atoms. The molecular formula is C20H16N2OS. The molecule has 0 spiro atoms. The van der Waals surface area contributed by atoms with Crippen LogP contribution in [0.15, 0.2) is 77.2 Å². The first kappa shape index (κ1) is 13.8. The smallest absolute Gasteiger partial charge is 0.213 e. The molecule has 0 aliphatic carbocycles. The molecule has 1 aromatic heterocycles. The lowest BCUT2D eigenvalue weighted by Crippen LogP contribution is -2.33. The molecule has 3 heterocycles. The van der Waals surface area contributed by atoms with Crippen LogP contribution in [0.1, 0.15) is 34.7 Å². The van der Waals surface area contributed by atoms with Gasteiger partial charge in [0.25, 0.3) is 0 Å². The summed E-state index contributed by atoms with van der Waals surface area (Å²) in [4.78, 5) is 1.24. The van der Waals surface area contributed by atoms with Crippen LogP contribution in [0.4, 0.5) is 0 Å². The fraction of sp³-hybridized carbons (Fsp3) is 0.150. The molecule has 2 aromatic carbocycles. The van der Waals surface area contributed by atoms with Crippen LogP contribution in [0.25, 0.3) is 0 Å². The van der Waals surface area contributed by atoms with Crippen molar-refractivity contribution in [3.8, 4) is 5.75 Å². The first-order chi connectivity index (χ1) is 11.9. The Kier molecular flexibility index (Phi) is 3.16. The number of nitrogens with zero attached hydrogens (tertiary/aromatic N) is 2. The average Bonchev–Trinajstić information content (AvgIpc) is 3.31. The minimum Gasteiger partial charge on any atom is -0.464 e. The third kappa shape index (κ3) is 2.14. The van der Waals surface area contributed by atoms with Crippen LogP contribution in [-0.4, -0.2) is 10.7 Å². The highest BCUT2D eigenvalue weighted by Gasteiger charge is 2.40. The number of para-hydroxylation sites is 1. The number of thiophene rings is 1. The Balaban J connectivity index is 1.62. The summed E-state index contributed by atoms with van der Waals surface area (Å²) < 4.78 is 6.32. The van der Waals surface area contributed by atoms with Gasteiger partial charge in [0.05, 0.1) is 16.6 Å². The van der Waals surface area contributed by atoms with Crippen molar-refractivity contribution < 1.29 is 4.74 Å². The van der Waals surface area contributed by atoms with E-state index in [9.17, 15) is 0 Å². The third-order valence-corrected chi connectivity index (χ3v) is 5.51. The van der Waals surface area contributed by atoms with Crippen molar-refractivity contribution in [3.05, 3.63) is 88.1 Å². The maximum Gasteiger partial charge on any atom is 0.213 e. The minimum absolute atomic E-state index is 0.177. The first-order valence-electron chi connectivity index (χ1n) is 8.10. The molecule has 0 bridgehead atoms. The summed E-state index contributed by atoms with van der Waals surface area (Å²) in [7, 11) is 0. The van der Waals surface area contributed by atoms with Gasteiger partial charge in [-0.3, -0.25) is 0 Å². The zero-order chi connectivity index (χ0) is 15.9. The second kappa shape index (κ2) is 5.49. The number of ether oxygens (including phenoxy) is 1. The number of fused-ring (bicyclic) bond motifs is 3. The topological polar surface area (TPSA) is 24.8 Å². The van der Waals surface area contributed by atoms with Gasteiger partial charge in [-0.15, -0.1) is 11.3 Å². The molecule has 3 aromatic rings. The Morgan fingerprint density at radius 3 is 2.62 bits per heavy atom. The van der Waals surface area contributed by atoms with E-state index in [-0.39, 0.29) is 12.3 Å². The van der Waals surface area contributed by atoms with Gasteiger partial charge >= 0.3 is 0 Å². The number of hydrogen-bond acceptors (Lipinski definition) is 4. The van der Waals surface area contributed by atoms with Crippen molar-refractivity contribution in [1.29, 1.82) is 0 Å². The number of rotatable bonds is 2. The SMILES string of the molecule is c1ccc([C@@H]2Oc3ccccc3[C@H]3CC(c4cccs4)=NN32)cc1. The zero-order valence-electron chi connectivity index (χ0n) is 13.0. The van der Waals surface area contributed by atoms with E-state index in [0.717, 1.165) is 23.4 Å². The van der Waals surface area contributed by atoms with Crippen molar-refractivity contribution >= 4 is 17.0 Å². The molecule has 0 amide bonds. The van der Waals surface area contributed by atoms with Crippen LogP contribution in [-0.2, 0) is 0 Å². The zero-order valence-corrected chi connectivity index (χ0v) is 13.8. The molecule has 0 fully saturated rings. The molecule has 0 N–H and O–H groups in total. The summed E-state index contributed by atoms with van der Waals surface area (Å²) in [5, 5.41) is 9.18. The molecule has 0 unspecified atom stereocenters. The number of hydrazone groups is 1. The first-order valence-corrected chi connectivity index (χ1v) is 8.98. The van der Waals surface area contributed by atoms with Gasteiger partial charge in [-0.2, -0.15) is 5.10 Å². The van der Waals surface area contributed by atoms with Crippen molar-refractivity contribution in [2.75, 3.05) is 0 Å². The summed E-state index contributed by atoms with van der Waals surface area (Å²) in [6.45, 7) is 0. The Hall–Kier alpha value is -2.59. The highest BCUT2D eigenvalue weighted by molar-refractivity contribution is 7.12. The monoisotopic (exact) mass is 332 g/mol. The predicted molar refractivity (Wildman–Crippen MR) is 96.3 cm³/mol. The van der Waals surface area contributed by atoms with Crippen LogP contribution >= 0.6 is 11.3 Å². The third-order valence-electron chi connectivity index (χ3n) is 4.59. The molecular weight excluding hydrogens is 316 g/mol. The summed E-state index contributed by atoms with van der Waals surface area (Å²) in [5.41, 5.74) is 3.50. The van der Waals surface area contributed by atoms with Crippen LogP contribution in [0.5, 0.6) is 5.75 Å². The number of hydrogen-bond donors (Lipinski definition) is 0. The van der Waals surface area contributed by atoms with E-state index in [1.165, 1.54) is 10.4 Å². The average molecular weight is 332 g/mol. The molecule has 0 radical (unpaired) electrons. The second-order valence-corrected chi connectivity index (χ2v) is 6.99. The molecule has 0 saturated carbocycles. The molecule has 2 aliphatic heterocycles. The molecule has 5 rings (SSSR count). The van der Waals surface area contributed by atoms with E-state index in [0.29, 0.717) is 0 Å². The van der Waals surface area contributed by atoms with Crippen molar-refractivity contribution in [1.82, 2.24) is 5.01 Å². The van der Waals surface area contributed by atoms with Gasteiger partial charge in [0, 0.05) is 17.5 Å². The molecule has 0 saturated heterocycles. The standard InChI is InChI=1S/C20H16N2OS/c1-2-7-14(8-3-1)20-22-17(15-9-4-5-10-18(15)23-20)13-16(21-22)19-11-6-12-24-19/h1-12,17,20H,13H2/t17-,20+/m1/s1. The van der Waals surface area contributed by atoms with Gasteiger partial charge in [-0.25, -0.2) is 5.01 Å². The molecule has 2 aliphatic rings. The summed E-state index contributed by atoms with van der Waals surface area (Å²) >= 11 is 1.75. The lowest BCUT2D eigenvalue weighted by atomic mass is 9.98. The van der Waals surface area contributed by atoms with Gasteiger partial charge in [-0.1, -0.05) is 54.6 Å². The molecule has 118 valence electrons. The normalized spacial score (nSPS) is 21.7. The van der Waals surface area contributed by atoms with Crippen LogP contribution in [0.3, 0.4) is 0 Å². The fourth-order valence-corrected chi connectivity index (χ4v) is 4.18. The van der Waals surface area contributed by atoms with E-state index < -0.39 is 0 Å². The van der Waals surface area contributed by atoms with E-state index in [4.69, 9.17) is 9.84 Å². The molecule has 2 atom stereocenters. The van der Waals surface area contributed by atoms with Crippen LogP contribution in [0, 0.1) is 0 Å². The molecule has 3 nitrogen and oxygen atoms in total. The summed E-state index contributed by atoms with van der Waals surface area (Å²) in [6, 6.07) is 23.1. The van der Waals surface area contributed by atoms with E-state index in [2.05, 4.69) is 52.9 Å².